The van der Waals surface area contributed by atoms with Crippen molar-refractivity contribution in [2.75, 3.05) is 50.0 Å². The fourth-order valence-electron chi connectivity index (χ4n) is 3.16. The van der Waals surface area contributed by atoms with Crippen molar-refractivity contribution in [2.45, 2.75) is 13.3 Å². The Hall–Kier alpha value is -2.86. The lowest BCUT2D eigenvalue weighted by Crippen LogP contribution is -2.44. The molecule has 0 aliphatic carbocycles. The standard InChI is InChI=1S/C22H28N4O2/c1-17-3-5-18(6-4-17)15-21(27)23-16-22(28)24-19-7-9-20(10-8-19)26-13-11-25(2)12-14-26/h3-10H,11-16H2,1-2H3,(H,23,27)(H,24,28). The zero-order chi connectivity index (χ0) is 19.9. The van der Waals surface area contributed by atoms with Crippen molar-refractivity contribution >= 4 is 23.2 Å². The fourth-order valence-corrected chi connectivity index (χ4v) is 3.16. The average Bonchev–Trinajstić information content (AvgIpc) is 2.69. The van der Waals surface area contributed by atoms with Crippen LogP contribution >= 0.6 is 0 Å². The van der Waals surface area contributed by atoms with Crippen LogP contribution in [0.5, 0.6) is 0 Å². The lowest BCUT2D eigenvalue weighted by atomic mass is 10.1. The van der Waals surface area contributed by atoms with Gasteiger partial charge in [-0.05, 0) is 43.8 Å². The summed E-state index contributed by atoms with van der Waals surface area (Å²) in [7, 11) is 2.13. The molecule has 1 aliphatic rings. The molecule has 28 heavy (non-hydrogen) atoms. The van der Waals surface area contributed by atoms with Gasteiger partial charge in [-0.2, -0.15) is 0 Å². The summed E-state index contributed by atoms with van der Waals surface area (Å²) in [4.78, 5) is 28.8. The summed E-state index contributed by atoms with van der Waals surface area (Å²) in [6.45, 7) is 6.10. The summed E-state index contributed by atoms with van der Waals surface area (Å²) in [5, 5.41) is 5.49. The highest BCUT2D eigenvalue weighted by atomic mass is 16.2. The third-order valence-corrected chi connectivity index (χ3v) is 4.95. The number of nitrogens with one attached hydrogen (secondary N) is 2. The minimum absolute atomic E-state index is 0.0368. The van der Waals surface area contributed by atoms with Gasteiger partial charge in [0.2, 0.25) is 11.8 Å². The Morgan fingerprint density at radius 3 is 2.18 bits per heavy atom. The van der Waals surface area contributed by atoms with Crippen LogP contribution in [0.4, 0.5) is 11.4 Å². The number of piperazine rings is 1. The summed E-state index contributed by atoms with van der Waals surface area (Å²) in [5.41, 5.74) is 3.98. The second kappa shape index (κ2) is 9.37. The molecule has 2 N–H and O–H groups in total. The van der Waals surface area contributed by atoms with Crippen LogP contribution in [0.3, 0.4) is 0 Å². The normalized spacial score (nSPS) is 14.6. The van der Waals surface area contributed by atoms with Gasteiger partial charge in [0.05, 0.1) is 13.0 Å². The van der Waals surface area contributed by atoms with E-state index in [1.165, 1.54) is 0 Å². The summed E-state index contributed by atoms with van der Waals surface area (Å²) in [5.74, 6) is -0.394. The third kappa shape index (κ3) is 5.82. The van der Waals surface area contributed by atoms with Crippen molar-refractivity contribution in [2.24, 2.45) is 0 Å². The second-order valence-corrected chi connectivity index (χ2v) is 7.32. The van der Waals surface area contributed by atoms with E-state index in [1.807, 2.05) is 55.5 Å². The molecule has 0 unspecified atom stereocenters. The van der Waals surface area contributed by atoms with Gasteiger partial charge in [-0.15, -0.1) is 0 Å². The number of anilines is 2. The molecule has 0 atom stereocenters. The van der Waals surface area contributed by atoms with E-state index in [1.54, 1.807) is 0 Å². The topological polar surface area (TPSA) is 64.7 Å². The Kier molecular flexibility index (Phi) is 6.66. The molecule has 2 amide bonds. The number of rotatable bonds is 6. The molecule has 1 heterocycles. The zero-order valence-electron chi connectivity index (χ0n) is 16.6. The molecule has 0 aromatic heterocycles. The van der Waals surface area contributed by atoms with Crippen LogP contribution in [0.15, 0.2) is 48.5 Å². The maximum absolute atomic E-state index is 12.1. The molecule has 0 bridgehead atoms. The van der Waals surface area contributed by atoms with Crippen molar-refractivity contribution in [3.05, 3.63) is 59.7 Å². The molecule has 0 spiro atoms. The predicted molar refractivity (Wildman–Crippen MR) is 113 cm³/mol. The Morgan fingerprint density at radius 1 is 0.893 bits per heavy atom. The first-order valence-corrected chi connectivity index (χ1v) is 9.65. The average molecular weight is 380 g/mol. The highest BCUT2D eigenvalue weighted by Crippen LogP contribution is 2.19. The molecule has 6 nitrogen and oxygen atoms in total. The van der Waals surface area contributed by atoms with E-state index in [0.29, 0.717) is 0 Å². The number of carbonyl (C=O) groups excluding carboxylic acids is 2. The van der Waals surface area contributed by atoms with Crippen molar-refractivity contribution in [1.29, 1.82) is 0 Å². The predicted octanol–water partition coefficient (Wildman–Crippen LogP) is 2.04. The third-order valence-electron chi connectivity index (χ3n) is 4.95. The summed E-state index contributed by atoms with van der Waals surface area (Å²) < 4.78 is 0. The van der Waals surface area contributed by atoms with Crippen LogP contribution in [0.1, 0.15) is 11.1 Å². The summed E-state index contributed by atoms with van der Waals surface area (Å²) in [6, 6.07) is 15.7. The number of aryl methyl sites for hydroxylation is 1. The molecular formula is C22H28N4O2. The molecule has 2 aromatic rings. The molecule has 1 aliphatic heterocycles. The van der Waals surface area contributed by atoms with Crippen molar-refractivity contribution in [1.82, 2.24) is 10.2 Å². The largest absolute Gasteiger partial charge is 0.369 e. The van der Waals surface area contributed by atoms with Gasteiger partial charge in [-0.1, -0.05) is 29.8 Å². The first-order chi connectivity index (χ1) is 13.5. The fraction of sp³-hybridized carbons (Fsp3) is 0.364. The molecule has 0 saturated carbocycles. The van der Waals surface area contributed by atoms with Crippen LogP contribution in [-0.2, 0) is 16.0 Å². The van der Waals surface area contributed by atoms with Gasteiger partial charge in [0.1, 0.15) is 0 Å². The van der Waals surface area contributed by atoms with E-state index in [2.05, 4.69) is 27.5 Å². The van der Waals surface area contributed by atoms with Crippen LogP contribution in [0.25, 0.3) is 0 Å². The Bertz CT molecular complexity index is 794. The smallest absolute Gasteiger partial charge is 0.243 e. The molecular weight excluding hydrogens is 352 g/mol. The molecule has 0 radical (unpaired) electrons. The zero-order valence-corrected chi connectivity index (χ0v) is 16.6. The van der Waals surface area contributed by atoms with Crippen molar-refractivity contribution < 1.29 is 9.59 Å². The maximum atomic E-state index is 12.1. The van der Waals surface area contributed by atoms with E-state index in [-0.39, 0.29) is 24.8 Å². The first kappa shape index (κ1) is 19.9. The molecule has 6 heteroatoms. The van der Waals surface area contributed by atoms with Crippen LogP contribution in [0, 0.1) is 6.92 Å². The number of carbonyl (C=O) groups is 2. The Morgan fingerprint density at radius 2 is 1.54 bits per heavy atom. The van der Waals surface area contributed by atoms with E-state index in [4.69, 9.17) is 0 Å². The minimum atomic E-state index is -0.232. The number of nitrogens with zero attached hydrogens (tertiary/aromatic N) is 2. The van der Waals surface area contributed by atoms with Crippen LogP contribution in [-0.4, -0.2) is 56.5 Å². The Balaban J connectivity index is 1.43. The summed E-state index contributed by atoms with van der Waals surface area (Å²) >= 11 is 0. The molecule has 148 valence electrons. The number of amides is 2. The highest BCUT2D eigenvalue weighted by Gasteiger charge is 2.14. The monoisotopic (exact) mass is 380 g/mol. The molecule has 1 saturated heterocycles. The minimum Gasteiger partial charge on any atom is -0.369 e. The highest BCUT2D eigenvalue weighted by molar-refractivity contribution is 5.94. The van der Waals surface area contributed by atoms with Gasteiger partial charge >= 0.3 is 0 Å². The van der Waals surface area contributed by atoms with E-state index in [9.17, 15) is 9.59 Å². The van der Waals surface area contributed by atoms with E-state index < -0.39 is 0 Å². The number of hydrogen-bond acceptors (Lipinski definition) is 4. The van der Waals surface area contributed by atoms with Crippen molar-refractivity contribution in [3.63, 3.8) is 0 Å². The van der Waals surface area contributed by atoms with Crippen LogP contribution < -0.4 is 15.5 Å². The van der Waals surface area contributed by atoms with Gasteiger partial charge in [0.25, 0.3) is 0 Å². The molecule has 1 fully saturated rings. The molecule has 2 aromatic carbocycles. The van der Waals surface area contributed by atoms with Crippen LogP contribution in [0.2, 0.25) is 0 Å². The summed E-state index contributed by atoms with van der Waals surface area (Å²) in [6.07, 6.45) is 0.271. The lowest BCUT2D eigenvalue weighted by molar-refractivity contribution is -0.123. The van der Waals surface area contributed by atoms with Gasteiger partial charge in [0, 0.05) is 37.6 Å². The SMILES string of the molecule is Cc1ccc(CC(=O)NCC(=O)Nc2ccc(N3CCN(C)CC3)cc2)cc1. The number of hydrogen-bond donors (Lipinski definition) is 2. The second-order valence-electron chi connectivity index (χ2n) is 7.32. The van der Waals surface area contributed by atoms with Crippen molar-refractivity contribution in [3.8, 4) is 0 Å². The van der Waals surface area contributed by atoms with Gasteiger partial charge in [-0.3, -0.25) is 9.59 Å². The lowest BCUT2D eigenvalue weighted by Gasteiger charge is -2.34. The quantitative estimate of drug-likeness (QED) is 0.805. The van der Waals surface area contributed by atoms with Gasteiger partial charge < -0.3 is 20.4 Å². The maximum Gasteiger partial charge on any atom is 0.243 e. The molecule has 3 rings (SSSR count). The van der Waals surface area contributed by atoms with E-state index in [0.717, 1.165) is 48.7 Å². The van der Waals surface area contributed by atoms with Gasteiger partial charge in [-0.25, -0.2) is 0 Å². The van der Waals surface area contributed by atoms with E-state index >= 15 is 0 Å². The number of likely N-dealkylation sites (N-methyl/N-ethyl adjacent to an activating group) is 1. The Labute approximate surface area is 166 Å². The van der Waals surface area contributed by atoms with Gasteiger partial charge in [0.15, 0.2) is 0 Å². The number of benzene rings is 2. The first-order valence-electron chi connectivity index (χ1n) is 9.65.